The van der Waals surface area contributed by atoms with Gasteiger partial charge in [0.15, 0.2) is 0 Å². The Morgan fingerprint density at radius 3 is 2.56 bits per heavy atom. The van der Waals surface area contributed by atoms with Crippen molar-refractivity contribution in [3.8, 4) is 11.8 Å². The monoisotopic (exact) mass is 359 g/mol. The Hall–Kier alpha value is -3.92. The van der Waals surface area contributed by atoms with Gasteiger partial charge >= 0.3 is 0 Å². The second-order valence-electron chi connectivity index (χ2n) is 5.69. The highest BCUT2D eigenvalue weighted by Gasteiger charge is 2.12. The summed E-state index contributed by atoms with van der Waals surface area (Å²) in [7, 11) is 1.58. The molecule has 0 saturated carbocycles. The van der Waals surface area contributed by atoms with Crippen LogP contribution in [0, 0.1) is 18.3 Å². The van der Waals surface area contributed by atoms with Crippen LogP contribution in [-0.2, 0) is 0 Å². The number of rotatable bonds is 5. The van der Waals surface area contributed by atoms with E-state index in [1.165, 1.54) is 0 Å². The summed E-state index contributed by atoms with van der Waals surface area (Å²) in [5, 5.41) is 14.7. The van der Waals surface area contributed by atoms with Gasteiger partial charge in [0, 0.05) is 11.4 Å². The van der Waals surface area contributed by atoms with Gasteiger partial charge in [-0.05, 0) is 49.4 Å². The molecule has 0 bridgehead atoms. The molecular weight excluding hydrogens is 342 g/mol. The van der Waals surface area contributed by atoms with E-state index in [1.54, 1.807) is 44.4 Å². The quantitative estimate of drug-likeness (QED) is 0.721. The standard InChI is InChI=1S/C20H17N5O2/c1-13-11-17(19(26)23-15-9-7-14(12-21)8-10-15)25-20(22-13)24-16-5-3-4-6-18(16)27-2/h3-11H,1-2H3,(H,23,26)(H,22,24,25). The van der Waals surface area contributed by atoms with Crippen LogP contribution < -0.4 is 15.4 Å². The molecule has 1 heterocycles. The van der Waals surface area contributed by atoms with Gasteiger partial charge in [0.1, 0.15) is 11.4 Å². The zero-order chi connectivity index (χ0) is 19.2. The van der Waals surface area contributed by atoms with Crippen LogP contribution in [0.5, 0.6) is 5.75 Å². The molecule has 0 aliphatic carbocycles. The van der Waals surface area contributed by atoms with E-state index in [0.29, 0.717) is 34.3 Å². The molecule has 3 aromatic rings. The Morgan fingerprint density at radius 1 is 1.11 bits per heavy atom. The molecule has 0 atom stereocenters. The first-order valence-electron chi connectivity index (χ1n) is 8.16. The fourth-order valence-electron chi connectivity index (χ4n) is 2.43. The molecule has 1 amide bonds. The van der Waals surface area contributed by atoms with Gasteiger partial charge in [-0.3, -0.25) is 4.79 Å². The molecule has 27 heavy (non-hydrogen) atoms. The maximum Gasteiger partial charge on any atom is 0.274 e. The lowest BCUT2D eigenvalue weighted by molar-refractivity contribution is 0.102. The number of benzene rings is 2. The SMILES string of the molecule is COc1ccccc1Nc1nc(C)cc(C(=O)Nc2ccc(C#N)cc2)n1. The summed E-state index contributed by atoms with van der Waals surface area (Å²) >= 11 is 0. The van der Waals surface area contributed by atoms with Crippen LogP contribution >= 0.6 is 0 Å². The number of aromatic nitrogens is 2. The number of amides is 1. The first-order chi connectivity index (χ1) is 13.1. The van der Waals surface area contributed by atoms with Gasteiger partial charge in [0.05, 0.1) is 24.4 Å². The Balaban J connectivity index is 1.81. The van der Waals surface area contributed by atoms with Crippen molar-refractivity contribution in [1.29, 1.82) is 5.26 Å². The topological polar surface area (TPSA) is 99.9 Å². The molecular formula is C20H17N5O2. The maximum atomic E-state index is 12.5. The normalized spacial score (nSPS) is 9.96. The second kappa shape index (κ2) is 7.97. The predicted octanol–water partition coefficient (Wildman–Crippen LogP) is 3.66. The van der Waals surface area contributed by atoms with Crippen LogP contribution in [0.3, 0.4) is 0 Å². The number of para-hydroxylation sites is 2. The number of nitrogens with zero attached hydrogens (tertiary/aromatic N) is 3. The lowest BCUT2D eigenvalue weighted by Crippen LogP contribution is -2.15. The molecule has 0 radical (unpaired) electrons. The molecule has 134 valence electrons. The Kier molecular flexibility index (Phi) is 5.28. The van der Waals surface area contributed by atoms with Crippen LogP contribution in [0.4, 0.5) is 17.3 Å². The lowest BCUT2D eigenvalue weighted by Gasteiger charge is -2.11. The molecule has 7 nitrogen and oxygen atoms in total. The summed E-state index contributed by atoms with van der Waals surface area (Å²) in [4.78, 5) is 21.1. The number of nitrogens with one attached hydrogen (secondary N) is 2. The summed E-state index contributed by atoms with van der Waals surface area (Å²) in [6.45, 7) is 1.79. The van der Waals surface area contributed by atoms with Gasteiger partial charge in [-0.25, -0.2) is 9.97 Å². The highest BCUT2D eigenvalue weighted by atomic mass is 16.5. The number of methoxy groups -OCH3 is 1. The number of carbonyl (C=O) groups excluding carboxylic acids is 1. The lowest BCUT2D eigenvalue weighted by atomic mass is 10.2. The number of aryl methyl sites for hydroxylation is 1. The van der Waals surface area contributed by atoms with E-state index >= 15 is 0 Å². The molecule has 0 unspecified atom stereocenters. The van der Waals surface area contributed by atoms with Crippen LogP contribution in [0.25, 0.3) is 0 Å². The molecule has 3 rings (SSSR count). The zero-order valence-electron chi connectivity index (χ0n) is 14.9. The number of hydrogen-bond donors (Lipinski definition) is 2. The first kappa shape index (κ1) is 17.9. The number of carbonyl (C=O) groups is 1. The molecule has 2 aromatic carbocycles. The summed E-state index contributed by atoms with van der Waals surface area (Å²) in [6, 6.07) is 17.6. The van der Waals surface area contributed by atoms with Gasteiger partial charge in [0.25, 0.3) is 5.91 Å². The van der Waals surface area contributed by atoms with Gasteiger partial charge in [-0.2, -0.15) is 5.26 Å². The third-order valence-corrected chi connectivity index (χ3v) is 3.71. The Morgan fingerprint density at radius 2 is 1.85 bits per heavy atom. The van der Waals surface area contributed by atoms with E-state index in [-0.39, 0.29) is 11.6 Å². The minimum absolute atomic E-state index is 0.226. The van der Waals surface area contributed by atoms with E-state index in [9.17, 15) is 4.79 Å². The average Bonchev–Trinajstić information content (AvgIpc) is 2.68. The minimum Gasteiger partial charge on any atom is -0.495 e. The third kappa shape index (κ3) is 4.38. The van der Waals surface area contributed by atoms with Crippen LogP contribution in [-0.4, -0.2) is 23.0 Å². The van der Waals surface area contributed by atoms with Crippen molar-refractivity contribution >= 4 is 23.2 Å². The Labute approximate surface area is 156 Å². The fraction of sp³-hybridized carbons (Fsp3) is 0.100. The van der Waals surface area contributed by atoms with Crippen molar-refractivity contribution in [2.45, 2.75) is 6.92 Å². The number of anilines is 3. The number of hydrogen-bond acceptors (Lipinski definition) is 6. The van der Waals surface area contributed by atoms with Crippen molar-refractivity contribution in [1.82, 2.24) is 9.97 Å². The third-order valence-electron chi connectivity index (χ3n) is 3.71. The van der Waals surface area contributed by atoms with E-state index in [1.807, 2.05) is 30.3 Å². The molecule has 0 fully saturated rings. The average molecular weight is 359 g/mol. The summed E-state index contributed by atoms with van der Waals surface area (Å²) in [5.41, 5.74) is 2.67. The number of nitriles is 1. The molecule has 0 aliphatic rings. The summed E-state index contributed by atoms with van der Waals surface area (Å²) in [6.07, 6.45) is 0. The highest BCUT2D eigenvalue weighted by Crippen LogP contribution is 2.25. The zero-order valence-corrected chi connectivity index (χ0v) is 14.9. The van der Waals surface area contributed by atoms with Crippen molar-refractivity contribution in [2.24, 2.45) is 0 Å². The van der Waals surface area contributed by atoms with Crippen molar-refractivity contribution in [3.05, 3.63) is 71.5 Å². The van der Waals surface area contributed by atoms with Crippen LogP contribution in [0.15, 0.2) is 54.6 Å². The van der Waals surface area contributed by atoms with E-state index < -0.39 is 0 Å². The van der Waals surface area contributed by atoms with Gasteiger partial charge < -0.3 is 15.4 Å². The maximum absolute atomic E-state index is 12.5. The van der Waals surface area contributed by atoms with E-state index in [2.05, 4.69) is 20.6 Å². The van der Waals surface area contributed by atoms with Gasteiger partial charge in [0.2, 0.25) is 5.95 Å². The van der Waals surface area contributed by atoms with Crippen molar-refractivity contribution < 1.29 is 9.53 Å². The highest BCUT2D eigenvalue weighted by molar-refractivity contribution is 6.03. The van der Waals surface area contributed by atoms with Crippen LogP contribution in [0.2, 0.25) is 0 Å². The molecule has 1 aromatic heterocycles. The molecule has 0 spiro atoms. The van der Waals surface area contributed by atoms with Crippen LogP contribution in [0.1, 0.15) is 21.7 Å². The largest absolute Gasteiger partial charge is 0.495 e. The summed E-state index contributed by atoms with van der Waals surface area (Å²) in [5.74, 6) is 0.573. The minimum atomic E-state index is -0.367. The van der Waals surface area contributed by atoms with E-state index in [4.69, 9.17) is 10.00 Å². The van der Waals surface area contributed by atoms with Crippen molar-refractivity contribution in [3.63, 3.8) is 0 Å². The number of ether oxygens (including phenoxy) is 1. The summed E-state index contributed by atoms with van der Waals surface area (Å²) < 4.78 is 5.30. The first-order valence-corrected chi connectivity index (χ1v) is 8.16. The molecule has 2 N–H and O–H groups in total. The fourth-order valence-corrected chi connectivity index (χ4v) is 2.43. The second-order valence-corrected chi connectivity index (χ2v) is 5.69. The van der Waals surface area contributed by atoms with Gasteiger partial charge in [-0.15, -0.1) is 0 Å². The predicted molar refractivity (Wildman–Crippen MR) is 102 cm³/mol. The van der Waals surface area contributed by atoms with Gasteiger partial charge in [-0.1, -0.05) is 12.1 Å². The molecule has 7 heteroatoms. The van der Waals surface area contributed by atoms with E-state index in [0.717, 1.165) is 0 Å². The molecule has 0 aliphatic heterocycles. The Bertz CT molecular complexity index is 1010. The van der Waals surface area contributed by atoms with Crippen molar-refractivity contribution in [2.75, 3.05) is 17.7 Å². The smallest absolute Gasteiger partial charge is 0.274 e. The molecule has 0 saturated heterocycles.